The smallest absolute Gasteiger partial charge is 0.323 e. The average molecular weight is 191 g/mol. The second-order valence-electron chi connectivity index (χ2n) is 2.47. The molecule has 0 aromatic rings. The van der Waals surface area contributed by atoms with Crippen molar-refractivity contribution in [2.24, 2.45) is 0 Å². The molecule has 1 amide bonds. The maximum atomic E-state index is 11.3. The van der Waals surface area contributed by atoms with Gasteiger partial charge in [-0.25, -0.2) is 0 Å². The van der Waals surface area contributed by atoms with Crippen molar-refractivity contribution in [3.8, 4) is 0 Å². The first-order valence-corrected chi connectivity index (χ1v) is 4.77. The number of aliphatic carboxylic acids is 1. The van der Waals surface area contributed by atoms with Crippen LogP contribution >= 0.6 is 11.8 Å². The normalized spacial score (nSPS) is 12.2. The van der Waals surface area contributed by atoms with Gasteiger partial charge in [-0.05, 0) is 13.2 Å². The fourth-order valence-electron chi connectivity index (χ4n) is 0.692. The van der Waals surface area contributed by atoms with Crippen molar-refractivity contribution < 1.29 is 14.7 Å². The molecular weight excluding hydrogens is 178 g/mol. The minimum absolute atomic E-state index is 0.148. The number of rotatable bonds is 4. The van der Waals surface area contributed by atoms with Crippen molar-refractivity contribution in [2.45, 2.75) is 12.2 Å². The van der Waals surface area contributed by atoms with Crippen LogP contribution in [0.4, 0.5) is 0 Å². The first kappa shape index (κ1) is 11.3. The van der Waals surface area contributed by atoms with Crippen LogP contribution in [-0.2, 0) is 9.59 Å². The fraction of sp³-hybridized carbons (Fsp3) is 0.714. The molecule has 0 rings (SSSR count). The molecule has 0 saturated heterocycles. The summed E-state index contributed by atoms with van der Waals surface area (Å²) in [4.78, 5) is 22.7. The van der Waals surface area contributed by atoms with Gasteiger partial charge in [-0.15, -0.1) is 0 Å². The van der Waals surface area contributed by atoms with Crippen molar-refractivity contribution in [3.63, 3.8) is 0 Å². The lowest BCUT2D eigenvalue weighted by atomic mass is 10.4. The Kier molecular flexibility index (Phi) is 4.73. The maximum Gasteiger partial charge on any atom is 0.323 e. The third-order valence-corrected chi connectivity index (χ3v) is 2.36. The largest absolute Gasteiger partial charge is 0.480 e. The number of likely N-dealkylation sites (N-methyl/N-ethyl adjacent to an activating group) is 1. The van der Waals surface area contributed by atoms with E-state index in [0.717, 1.165) is 0 Å². The topological polar surface area (TPSA) is 57.6 Å². The van der Waals surface area contributed by atoms with Gasteiger partial charge in [-0.2, -0.15) is 11.8 Å². The Morgan fingerprint density at radius 3 is 2.42 bits per heavy atom. The zero-order valence-corrected chi connectivity index (χ0v) is 8.22. The van der Waals surface area contributed by atoms with Crippen LogP contribution in [0.1, 0.15) is 6.92 Å². The summed E-state index contributed by atoms with van der Waals surface area (Å²) in [5.41, 5.74) is 0. The highest BCUT2D eigenvalue weighted by Crippen LogP contribution is 2.07. The van der Waals surface area contributed by atoms with Crippen molar-refractivity contribution >= 4 is 23.6 Å². The number of thioether (sulfide) groups is 1. The van der Waals surface area contributed by atoms with Gasteiger partial charge >= 0.3 is 5.97 Å². The van der Waals surface area contributed by atoms with Crippen molar-refractivity contribution in [1.29, 1.82) is 0 Å². The summed E-state index contributed by atoms with van der Waals surface area (Å²) in [6, 6.07) is 0. The standard InChI is InChI=1S/C7H13NO3S/c1-5(12-3)7(11)8(2)4-6(9)10/h5H,4H2,1-3H3,(H,9,10). The molecule has 0 aliphatic rings. The lowest BCUT2D eigenvalue weighted by Crippen LogP contribution is -2.36. The van der Waals surface area contributed by atoms with Crippen molar-refractivity contribution in [2.75, 3.05) is 19.8 Å². The van der Waals surface area contributed by atoms with E-state index in [0.29, 0.717) is 0 Å². The number of hydrogen-bond acceptors (Lipinski definition) is 3. The van der Waals surface area contributed by atoms with Crippen LogP contribution in [0.25, 0.3) is 0 Å². The Balaban J connectivity index is 4.01. The van der Waals surface area contributed by atoms with Gasteiger partial charge < -0.3 is 10.0 Å². The quantitative estimate of drug-likeness (QED) is 0.693. The third kappa shape index (κ3) is 3.61. The number of carbonyl (C=O) groups excluding carboxylic acids is 1. The Morgan fingerprint density at radius 1 is 1.58 bits per heavy atom. The van der Waals surface area contributed by atoms with Crippen LogP contribution in [0.15, 0.2) is 0 Å². The maximum absolute atomic E-state index is 11.3. The number of carbonyl (C=O) groups is 2. The van der Waals surface area contributed by atoms with Gasteiger partial charge in [0.25, 0.3) is 0 Å². The number of nitrogens with zero attached hydrogens (tertiary/aromatic N) is 1. The predicted octanol–water partition coefficient (Wildman–Crippen LogP) is 0.281. The predicted molar refractivity (Wildman–Crippen MR) is 48.2 cm³/mol. The van der Waals surface area contributed by atoms with Crippen LogP contribution in [-0.4, -0.2) is 47.0 Å². The second-order valence-corrected chi connectivity index (χ2v) is 3.64. The van der Waals surface area contributed by atoms with E-state index in [4.69, 9.17) is 5.11 Å². The van der Waals surface area contributed by atoms with Crippen molar-refractivity contribution in [3.05, 3.63) is 0 Å². The molecule has 0 saturated carbocycles. The van der Waals surface area contributed by atoms with E-state index in [1.54, 1.807) is 6.92 Å². The highest BCUT2D eigenvalue weighted by Gasteiger charge is 2.17. The summed E-state index contributed by atoms with van der Waals surface area (Å²) in [5, 5.41) is 8.21. The van der Waals surface area contributed by atoms with E-state index in [9.17, 15) is 9.59 Å². The number of carboxylic acid groups (broad SMARTS) is 1. The molecule has 1 unspecified atom stereocenters. The Morgan fingerprint density at radius 2 is 2.08 bits per heavy atom. The third-order valence-electron chi connectivity index (χ3n) is 1.45. The summed E-state index contributed by atoms with van der Waals surface area (Å²) < 4.78 is 0. The van der Waals surface area contributed by atoms with E-state index >= 15 is 0 Å². The minimum Gasteiger partial charge on any atom is -0.480 e. The summed E-state index contributed by atoms with van der Waals surface area (Å²) in [7, 11) is 1.49. The number of hydrogen-bond donors (Lipinski definition) is 1. The van der Waals surface area contributed by atoms with E-state index < -0.39 is 5.97 Å². The molecule has 0 spiro atoms. The zero-order chi connectivity index (χ0) is 9.72. The molecule has 1 N–H and O–H groups in total. The van der Waals surface area contributed by atoms with Gasteiger partial charge in [0.05, 0.1) is 5.25 Å². The molecule has 0 heterocycles. The molecule has 0 aliphatic heterocycles. The highest BCUT2D eigenvalue weighted by molar-refractivity contribution is 7.99. The summed E-state index contributed by atoms with van der Waals surface area (Å²) in [6.45, 7) is 1.52. The van der Waals surface area contributed by atoms with Gasteiger partial charge in [-0.3, -0.25) is 9.59 Å². The Bertz CT molecular complexity index is 183. The molecule has 1 atom stereocenters. The molecule has 4 nitrogen and oxygen atoms in total. The molecule has 5 heteroatoms. The van der Waals surface area contributed by atoms with E-state index in [-0.39, 0.29) is 17.7 Å². The van der Waals surface area contributed by atoms with Crippen LogP contribution in [0.2, 0.25) is 0 Å². The van der Waals surface area contributed by atoms with Crippen LogP contribution in [0, 0.1) is 0 Å². The Labute approximate surface area is 75.9 Å². The van der Waals surface area contributed by atoms with Gasteiger partial charge in [0.1, 0.15) is 6.54 Å². The van der Waals surface area contributed by atoms with Crippen LogP contribution < -0.4 is 0 Å². The summed E-state index contributed by atoms with van der Waals surface area (Å²) >= 11 is 1.40. The van der Waals surface area contributed by atoms with Gasteiger partial charge in [-0.1, -0.05) is 0 Å². The van der Waals surface area contributed by atoms with E-state index in [1.807, 2.05) is 6.26 Å². The van der Waals surface area contributed by atoms with Gasteiger partial charge in [0.2, 0.25) is 5.91 Å². The van der Waals surface area contributed by atoms with Crippen LogP contribution in [0.3, 0.4) is 0 Å². The van der Waals surface area contributed by atoms with Gasteiger partial charge in [0.15, 0.2) is 0 Å². The number of carboxylic acids is 1. The van der Waals surface area contributed by atoms with Gasteiger partial charge in [0, 0.05) is 7.05 Å². The molecule has 70 valence electrons. The molecule has 0 fully saturated rings. The average Bonchev–Trinajstić information content (AvgIpc) is 2.00. The lowest BCUT2D eigenvalue weighted by Gasteiger charge is -2.17. The zero-order valence-electron chi connectivity index (χ0n) is 7.40. The molecule has 12 heavy (non-hydrogen) atoms. The molecule has 0 radical (unpaired) electrons. The fourth-order valence-corrected chi connectivity index (χ4v) is 1.07. The van der Waals surface area contributed by atoms with Crippen molar-refractivity contribution in [1.82, 2.24) is 4.90 Å². The number of amides is 1. The summed E-state index contributed by atoms with van der Waals surface area (Å²) in [6.07, 6.45) is 1.82. The minimum atomic E-state index is -0.987. The SMILES string of the molecule is CSC(C)C(=O)N(C)CC(=O)O. The first-order valence-electron chi connectivity index (χ1n) is 3.48. The molecule has 0 aliphatic carbocycles. The second kappa shape index (κ2) is 5.03. The summed E-state index contributed by atoms with van der Waals surface area (Å²) in [5.74, 6) is -1.14. The molecule has 0 aromatic heterocycles. The van der Waals surface area contributed by atoms with E-state index in [2.05, 4.69) is 0 Å². The molecular formula is C7H13NO3S. The van der Waals surface area contributed by atoms with E-state index in [1.165, 1.54) is 23.7 Å². The Hall–Kier alpha value is -0.710. The van der Waals surface area contributed by atoms with Crippen LogP contribution in [0.5, 0.6) is 0 Å². The molecule has 0 aromatic carbocycles. The first-order chi connectivity index (χ1) is 5.49. The molecule has 0 bridgehead atoms. The lowest BCUT2D eigenvalue weighted by molar-refractivity contribution is -0.143. The monoisotopic (exact) mass is 191 g/mol. The highest BCUT2D eigenvalue weighted by atomic mass is 32.2.